The van der Waals surface area contributed by atoms with Gasteiger partial charge in [0.2, 0.25) is 0 Å². The minimum absolute atomic E-state index is 0.316. The van der Waals surface area contributed by atoms with Crippen LogP contribution in [0.15, 0.2) is 49.1 Å². The largest absolute Gasteiger partial charge is 0.495 e. The Labute approximate surface area is 145 Å². The summed E-state index contributed by atoms with van der Waals surface area (Å²) in [5, 5.41) is 3.27. The van der Waals surface area contributed by atoms with E-state index in [1.54, 1.807) is 42.5 Å². The lowest BCUT2D eigenvalue weighted by atomic mass is 10.1. The number of benzene rings is 2. The van der Waals surface area contributed by atoms with E-state index >= 15 is 0 Å². The summed E-state index contributed by atoms with van der Waals surface area (Å²) >= 11 is 5.97. The number of amides is 1. The van der Waals surface area contributed by atoms with Gasteiger partial charge >= 0.3 is 0 Å². The van der Waals surface area contributed by atoms with Gasteiger partial charge in [0, 0.05) is 10.6 Å². The first-order chi connectivity index (χ1) is 11.6. The third-order valence-electron chi connectivity index (χ3n) is 3.19. The van der Waals surface area contributed by atoms with E-state index in [1.165, 1.54) is 14.2 Å². The molecule has 1 N–H and O–H groups in total. The Morgan fingerprint density at radius 2 is 1.83 bits per heavy atom. The number of hydrogen-bond acceptors (Lipinski definition) is 4. The van der Waals surface area contributed by atoms with Gasteiger partial charge in [0.15, 0.2) is 11.5 Å². The maximum absolute atomic E-state index is 12.5. The van der Waals surface area contributed by atoms with E-state index in [0.29, 0.717) is 40.1 Å². The van der Waals surface area contributed by atoms with Crippen molar-refractivity contribution in [1.82, 2.24) is 0 Å². The third-order valence-corrected chi connectivity index (χ3v) is 3.43. The zero-order valence-corrected chi connectivity index (χ0v) is 14.2. The van der Waals surface area contributed by atoms with Crippen LogP contribution in [0.25, 0.3) is 0 Å². The highest BCUT2D eigenvalue weighted by Gasteiger charge is 2.13. The van der Waals surface area contributed by atoms with Crippen LogP contribution in [-0.2, 0) is 0 Å². The van der Waals surface area contributed by atoms with Crippen LogP contribution < -0.4 is 19.5 Å². The molecule has 0 radical (unpaired) electrons. The average molecular weight is 348 g/mol. The number of ether oxygens (including phenoxy) is 3. The first-order valence-electron chi connectivity index (χ1n) is 7.15. The average Bonchev–Trinajstić information content (AvgIpc) is 2.60. The summed E-state index contributed by atoms with van der Waals surface area (Å²) in [7, 11) is 3.03. The first-order valence-corrected chi connectivity index (χ1v) is 7.53. The smallest absolute Gasteiger partial charge is 0.255 e. The molecule has 2 rings (SSSR count). The monoisotopic (exact) mass is 347 g/mol. The maximum atomic E-state index is 12.5. The van der Waals surface area contributed by atoms with Crippen molar-refractivity contribution < 1.29 is 19.0 Å². The number of nitrogens with one attached hydrogen (secondary N) is 1. The highest BCUT2D eigenvalue weighted by atomic mass is 35.5. The Bertz CT molecular complexity index is 746. The number of anilines is 1. The predicted molar refractivity (Wildman–Crippen MR) is 94.6 cm³/mol. The lowest BCUT2D eigenvalue weighted by molar-refractivity contribution is 0.102. The molecule has 0 aliphatic heterocycles. The molecule has 0 heterocycles. The molecule has 5 nitrogen and oxygen atoms in total. The molecule has 2 aromatic carbocycles. The molecule has 0 aliphatic carbocycles. The normalized spacial score (nSPS) is 9.96. The fourth-order valence-corrected chi connectivity index (χ4v) is 2.22. The van der Waals surface area contributed by atoms with Crippen molar-refractivity contribution in [1.29, 1.82) is 0 Å². The summed E-state index contributed by atoms with van der Waals surface area (Å²) in [6.07, 6.45) is 1.63. The Morgan fingerprint density at radius 3 is 2.50 bits per heavy atom. The van der Waals surface area contributed by atoms with Gasteiger partial charge in [0.25, 0.3) is 5.91 Å². The van der Waals surface area contributed by atoms with E-state index in [2.05, 4.69) is 11.9 Å². The number of methoxy groups -OCH3 is 2. The fraction of sp³-hybridized carbons (Fsp3) is 0.167. The second kappa shape index (κ2) is 8.26. The first kappa shape index (κ1) is 17.7. The van der Waals surface area contributed by atoms with E-state index in [9.17, 15) is 4.79 Å². The molecule has 6 heteroatoms. The Morgan fingerprint density at radius 1 is 1.12 bits per heavy atom. The van der Waals surface area contributed by atoms with Gasteiger partial charge in [-0.05, 0) is 36.4 Å². The van der Waals surface area contributed by atoms with Crippen molar-refractivity contribution in [2.24, 2.45) is 0 Å². The standard InChI is InChI=1S/C18H18ClNO4/c1-4-9-24-16-7-5-12(10-17(16)23-3)18(21)20-14-11-13(19)6-8-15(14)22-2/h4-8,10-11H,1,9H2,2-3H3,(H,20,21). The maximum Gasteiger partial charge on any atom is 0.255 e. The molecule has 0 aliphatic rings. The van der Waals surface area contributed by atoms with Crippen LogP contribution in [0.3, 0.4) is 0 Å². The van der Waals surface area contributed by atoms with Crippen LogP contribution in [-0.4, -0.2) is 26.7 Å². The molecule has 0 saturated carbocycles. The highest BCUT2D eigenvalue weighted by Crippen LogP contribution is 2.30. The van der Waals surface area contributed by atoms with Crippen LogP contribution in [0.5, 0.6) is 17.2 Å². The quantitative estimate of drug-likeness (QED) is 0.763. The van der Waals surface area contributed by atoms with E-state index < -0.39 is 0 Å². The van der Waals surface area contributed by atoms with Crippen LogP contribution in [0.4, 0.5) is 5.69 Å². The minimum atomic E-state index is -0.316. The summed E-state index contributed by atoms with van der Waals surface area (Å²) in [6, 6.07) is 9.91. The summed E-state index contributed by atoms with van der Waals surface area (Å²) in [4.78, 5) is 12.5. The van der Waals surface area contributed by atoms with Gasteiger partial charge in [-0.1, -0.05) is 24.3 Å². The molecule has 0 unspecified atom stereocenters. The van der Waals surface area contributed by atoms with E-state index in [4.69, 9.17) is 25.8 Å². The summed E-state index contributed by atoms with van der Waals surface area (Å²) in [5.74, 6) is 1.20. The molecule has 0 saturated heterocycles. The van der Waals surface area contributed by atoms with Gasteiger partial charge in [-0.25, -0.2) is 0 Å². The number of rotatable bonds is 7. The van der Waals surface area contributed by atoms with Gasteiger partial charge in [-0.2, -0.15) is 0 Å². The second-order valence-corrected chi connectivity index (χ2v) is 5.20. The van der Waals surface area contributed by atoms with Gasteiger partial charge in [-0.15, -0.1) is 0 Å². The fourth-order valence-electron chi connectivity index (χ4n) is 2.05. The third kappa shape index (κ3) is 4.20. The van der Waals surface area contributed by atoms with E-state index in [0.717, 1.165) is 0 Å². The van der Waals surface area contributed by atoms with Gasteiger partial charge in [0.05, 0.1) is 19.9 Å². The molecule has 0 bridgehead atoms. The van der Waals surface area contributed by atoms with Crippen molar-refractivity contribution >= 4 is 23.2 Å². The summed E-state index contributed by atoms with van der Waals surface area (Å²) < 4.78 is 16.0. The van der Waals surface area contributed by atoms with Crippen LogP contribution in [0.2, 0.25) is 5.02 Å². The Kier molecular flexibility index (Phi) is 6.09. The van der Waals surface area contributed by atoms with E-state index in [1.807, 2.05) is 0 Å². The van der Waals surface area contributed by atoms with E-state index in [-0.39, 0.29) is 5.91 Å². The molecule has 0 spiro atoms. The van der Waals surface area contributed by atoms with Crippen molar-refractivity contribution in [3.8, 4) is 17.2 Å². The van der Waals surface area contributed by atoms with Gasteiger partial charge in [0.1, 0.15) is 12.4 Å². The lowest BCUT2D eigenvalue weighted by Crippen LogP contribution is -2.13. The molecule has 0 atom stereocenters. The Hall–Kier alpha value is -2.66. The second-order valence-electron chi connectivity index (χ2n) is 4.76. The minimum Gasteiger partial charge on any atom is -0.495 e. The number of carbonyl (C=O) groups excluding carboxylic acids is 1. The SMILES string of the molecule is C=CCOc1ccc(C(=O)Nc2cc(Cl)ccc2OC)cc1OC. The topological polar surface area (TPSA) is 56.8 Å². The van der Waals surface area contributed by atoms with Crippen molar-refractivity contribution in [3.05, 3.63) is 59.6 Å². The highest BCUT2D eigenvalue weighted by molar-refractivity contribution is 6.31. The molecule has 24 heavy (non-hydrogen) atoms. The van der Waals surface area contributed by atoms with Crippen molar-refractivity contribution in [2.75, 3.05) is 26.1 Å². The van der Waals surface area contributed by atoms with Crippen molar-refractivity contribution in [2.45, 2.75) is 0 Å². The molecule has 0 aromatic heterocycles. The number of carbonyl (C=O) groups is 1. The summed E-state index contributed by atoms with van der Waals surface area (Å²) in [5.41, 5.74) is 0.904. The van der Waals surface area contributed by atoms with Crippen LogP contribution in [0.1, 0.15) is 10.4 Å². The number of halogens is 1. The molecular formula is C18H18ClNO4. The van der Waals surface area contributed by atoms with Crippen LogP contribution >= 0.6 is 11.6 Å². The number of hydrogen-bond donors (Lipinski definition) is 1. The van der Waals surface area contributed by atoms with Crippen LogP contribution in [0, 0.1) is 0 Å². The van der Waals surface area contributed by atoms with Gasteiger partial charge < -0.3 is 19.5 Å². The van der Waals surface area contributed by atoms with Gasteiger partial charge in [-0.3, -0.25) is 4.79 Å². The molecule has 0 fully saturated rings. The Balaban J connectivity index is 2.24. The summed E-state index contributed by atoms with van der Waals surface area (Å²) in [6.45, 7) is 3.94. The predicted octanol–water partition coefficient (Wildman–Crippen LogP) is 4.17. The zero-order valence-electron chi connectivity index (χ0n) is 13.5. The molecular weight excluding hydrogens is 330 g/mol. The lowest BCUT2D eigenvalue weighted by Gasteiger charge is -2.13. The molecule has 126 valence electrons. The zero-order chi connectivity index (χ0) is 17.5. The molecule has 1 amide bonds. The molecule has 2 aromatic rings. The van der Waals surface area contributed by atoms with Crippen molar-refractivity contribution in [3.63, 3.8) is 0 Å².